The summed E-state index contributed by atoms with van der Waals surface area (Å²) in [7, 11) is 0. The van der Waals surface area contributed by atoms with Crippen LogP contribution >= 0.6 is 0 Å². The Morgan fingerprint density at radius 1 is 1.62 bits per heavy atom. The average Bonchev–Trinajstić information content (AvgIpc) is 2.51. The van der Waals surface area contributed by atoms with Crippen LogP contribution in [0.2, 0.25) is 1.41 Å². The number of amides is 1. The summed E-state index contributed by atoms with van der Waals surface area (Å²) in [6, 6.07) is 5.06. The van der Waals surface area contributed by atoms with Crippen LogP contribution in [-0.4, -0.2) is 25.3 Å². The van der Waals surface area contributed by atoms with Gasteiger partial charge in [0.05, 0.1) is 12.0 Å². The van der Waals surface area contributed by atoms with E-state index in [2.05, 4.69) is 4.74 Å². The molecule has 0 spiro atoms. The fourth-order valence-electron chi connectivity index (χ4n) is 1.43. The quantitative estimate of drug-likeness (QED) is 0.854. The third kappa shape index (κ3) is 2.66. The van der Waals surface area contributed by atoms with Crippen LogP contribution in [0.15, 0.2) is 18.2 Å². The Balaban J connectivity index is 2.28. The molecular weight excluding hydrogens is 206 g/mol. The number of carbonyl (C=O) groups excluding carboxylic acids is 1. The lowest BCUT2D eigenvalue weighted by molar-refractivity contribution is 0.105. The summed E-state index contributed by atoms with van der Waals surface area (Å²) in [4.78, 5) is 11.3. The number of hydrogen-bond donors (Lipinski definition) is 1. The summed E-state index contributed by atoms with van der Waals surface area (Å²) >= 11 is 0. The molecule has 1 aliphatic rings. The summed E-state index contributed by atoms with van der Waals surface area (Å²) in [5.41, 5.74) is 1.71. The number of nitrogens with one attached hydrogen (secondary N) is 1. The monoisotopic (exact) mass is 226 g/mol. The molecule has 0 radical (unpaired) electrons. The van der Waals surface area contributed by atoms with Crippen molar-refractivity contribution in [3.8, 4) is 5.75 Å². The SMILES string of the molecule is [2H]N1C(=O)OC(C([2H])([2H])Oc2cc(C)cc(C)c2)C1([2H])[2H]. The average molecular weight is 226 g/mol. The number of hydrogen-bond acceptors (Lipinski definition) is 3. The molecule has 0 aliphatic carbocycles. The van der Waals surface area contributed by atoms with Crippen molar-refractivity contribution in [2.24, 2.45) is 0 Å². The number of alkyl carbamates (subject to hydrolysis) is 1. The summed E-state index contributed by atoms with van der Waals surface area (Å²) in [5.74, 6) is 0.202. The van der Waals surface area contributed by atoms with Gasteiger partial charge in [-0.05, 0) is 37.1 Å². The second-order valence-electron chi connectivity index (χ2n) is 3.55. The molecule has 86 valence electrons. The second kappa shape index (κ2) is 4.43. The van der Waals surface area contributed by atoms with Gasteiger partial charge < -0.3 is 14.8 Å². The van der Waals surface area contributed by atoms with E-state index >= 15 is 0 Å². The van der Waals surface area contributed by atoms with Crippen molar-refractivity contribution >= 4 is 6.09 Å². The lowest BCUT2D eigenvalue weighted by Crippen LogP contribution is -2.21. The summed E-state index contributed by atoms with van der Waals surface area (Å²) in [5, 5.41) is -0.0274. The van der Waals surface area contributed by atoms with Crippen molar-refractivity contribution < 1.29 is 21.2 Å². The van der Waals surface area contributed by atoms with Gasteiger partial charge in [0.15, 0.2) is 7.52 Å². The van der Waals surface area contributed by atoms with E-state index < -0.39 is 25.3 Å². The van der Waals surface area contributed by atoms with E-state index in [1.54, 1.807) is 12.1 Å². The van der Waals surface area contributed by atoms with E-state index in [1.165, 1.54) is 0 Å². The molecule has 1 N–H and O–H groups in total. The predicted molar refractivity (Wildman–Crippen MR) is 59.7 cm³/mol. The number of ether oxygens (including phenoxy) is 2. The van der Waals surface area contributed by atoms with Crippen LogP contribution in [0.3, 0.4) is 0 Å². The number of rotatable bonds is 3. The minimum Gasteiger partial charge on any atom is -0.490 e. The highest BCUT2D eigenvalue weighted by atomic mass is 16.6. The lowest BCUT2D eigenvalue weighted by Gasteiger charge is -2.11. The lowest BCUT2D eigenvalue weighted by atomic mass is 10.1. The van der Waals surface area contributed by atoms with Crippen LogP contribution in [0, 0.1) is 13.8 Å². The molecule has 16 heavy (non-hydrogen) atoms. The maximum absolute atomic E-state index is 11.3. The van der Waals surface area contributed by atoms with Gasteiger partial charge in [-0.1, -0.05) is 6.07 Å². The molecule has 2 rings (SSSR count). The largest absolute Gasteiger partial charge is 0.490 e. The van der Waals surface area contributed by atoms with Gasteiger partial charge in [-0.15, -0.1) is 0 Å². The minimum atomic E-state index is -2.63. The zero-order chi connectivity index (χ0) is 16.0. The molecular formula is C12H15NO3. The molecule has 1 unspecified atom stereocenters. The van der Waals surface area contributed by atoms with Crippen LogP contribution in [0.4, 0.5) is 4.79 Å². The van der Waals surface area contributed by atoms with Crippen molar-refractivity contribution in [1.29, 1.82) is 0 Å². The maximum Gasteiger partial charge on any atom is 0.407 e. The van der Waals surface area contributed by atoms with Crippen LogP contribution in [0.25, 0.3) is 0 Å². The normalized spacial score (nSPS) is 28.4. The van der Waals surface area contributed by atoms with E-state index in [0.717, 1.165) is 11.1 Å². The molecule has 1 aromatic carbocycles. The maximum atomic E-state index is 11.3. The van der Waals surface area contributed by atoms with Crippen molar-refractivity contribution in [2.75, 3.05) is 13.1 Å². The zero-order valence-electron chi connectivity index (χ0n) is 14.0. The zero-order valence-corrected chi connectivity index (χ0v) is 8.98. The van der Waals surface area contributed by atoms with Crippen molar-refractivity contribution in [3.63, 3.8) is 0 Å². The van der Waals surface area contributed by atoms with Crippen molar-refractivity contribution in [3.05, 3.63) is 29.3 Å². The van der Waals surface area contributed by atoms with Crippen LogP contribution < -0.4 is 10.0 Å². The van der Waals surface area contributed by atoms with E-state index in [9.17, 15) is 4.79 Å². The Bertz CT molecular complexity index is 558. The third-order valence-corrected chi connectivity index (χ3v) is 1.97. The molecule has 1 amide bonds. The highest BCUT2D eigenvalue weighted by Gasteiger charge is 2.22. The number of carbonyl (C=O) groups is 1. The Labute approximate surface area is 102 Å². The van der Waals surface area contributed by atoms with Gasteiger partial charge in [-0.25, -0.2) is 4.79 Å². The molecule has 1 aliphatic heterocycles. The van der Waals surface area contributed by atoms with E-state index in [4.69, 9.17) is 11.6 Å². The van der Waals surface area contributed by atoms with Gasteiger partial charge in [0.2, 0.25) is 0 Å². The van der Waals surface area contributed by atoms with E-state index in [0.29, 0.717) is 0 Å². The van der Waals surface area contributed by atoms with Crippen LogP contribution in [-0.2, 0) is 4.74 Å². The molecule has 1 fully saturated rings. The first-order valence-corrected chi connectivity index (χ1v) is 4.81. The first-order chi connectivity index (χ1) is 9.54. The smallest absolute Gasteiger partial charge is 0.407 e. The number of benzene rings is 1. The molecule has 0 aromatic heterocycles. The summed E-state index contributed by atoms with van der Waals surface area (Å²) < 4.78 is 48.0. The Kier molecular flexibility index (Phi) is 1.70. The highest BCUT2D eigenvalue weighted by molar-refractivity contribution is 5.69. The molecule has 4 nitrogen and oxygen atoms in total. The van der Waals surface area contributed by atoms with E-state index in [-0.39, 0.29) is 11.1 Å². The van der Waals surface area contributed by atoms with Gasteiger partial charge in [0.25, 0.3) is 0 Å². The van der Waals surface area contributed by atoms with Crippen LogP contribution in [0.5, 0.6) is 5.75 Å². The second-order valence-corrected chi connectivity index (χ2v) is 3.55. The Hall–Kier alpha value is -1.71. The fourth-order valence-corrected chi connectivity index (χ4v) is 1.43. The van der Waals surface area contributed by atoms with Gasteiger partial charge in [0, 0.05) is 0 Å². The first-order valence-electron chi connectivity index (χ1n) is 7.26. The number of aryl methyl sites for hydroxylation is 2. The first kappa shape index (κ1) is 6.13. The predicted octanol–water partition coefficient (Wildman–Crippen LogP) is 1.79. The molecule has 1 heterocycles. The topological polar surface area (TPSA) is 47.6 Å². The van der Waals surface area contributed by atoms with Crippen molar-refractivity contribution in [2.45, 2.75) is 20.0 Å². The van der Waals surface area contributed by atoms with Gasteiger partial charge >= 0.3 is 6.09 Å². The number of cyclic esters (lactones) is 1. The summed E-state index contributed by atoms with van der Waals surface area (Å²) in [6.07, 6.45) is -3.12. The Morgan fingerprint density at radius 2 is 2.31 bits per heavy atom. The molecule has 0 saturated carbocycles. The summed E-state index contributed by atoms with van der Waals surface area (Å²) in [6.45, 7) is -1.61. The fraction of sp³-hybridized carbons (Fsp3) is 0.417. The molecule has 1 aromatic rings. The van der Waals surface area contributed by atoms with Gasteiger partial charge in [-0.3, -0.25) is 0 Å². The molecule has 4 heteroatoms. The van der Waals surface area contributed by atoms with Crippen LogP contribution in [0.1, 0.15) is 16.6 Å². The highest BCUT2D eigenvalue weighted by Crippen LogP contribution is 2.16. The van der Waals surface area contributed by atoms with Gasteiger partial charge in [-0.2, -0.15) is 0 Å². The van der Waals surface area contributed by atoms with Gasteiger partial charge in [0.1, 0.15) is 12.3 Å². The molecule has 1 saturated heterocycles. The van der Waals surface area contributed by atoms with Crippen molar-refractivity contribution in [1.82, 2.24) is 5.31 Å². The Morgan fingerprint density at radius 3 is 2.88 bits per heavy atom. The van der Waals surface area contributed by atoms with E-state index in [1.807, 2.05) is 19.9 Å². The molecule has 1 atom stereocenters. The standard InChI is InChI=1S/C12H15NO3/c1-8-3-9(2)5-10(4-8)15-7-11-6-13-12(14)16-11/h3-5,11H,6-7H2,1-2H3,(H,13,14)/i6D2,7D2/hD. The molecule has 0 bridgehead atoms. The minimum absolute atomic E-state index is 0.0274. The third-order valence-electron chi connectivity index (χ3n) is 1.97.